The number of nitrogens with zero attached hydrogens (tertiary/aromatic N) is 4. The number of halogens is 1. The van der Waals surface area contributed by atoms with Gasteiger partial charge in [0.2, 0.25) is 0 Å². The number of nitrogens with one attached hydrogen (secondary N) is 2. The van der Waals surface area contributed by atoms with Crippen molar-refractivity contribution >= 4 is 50.7 Å². The Bertz CT molecular complexity index is 1250. The molecule has 3 aromatic heterocycles. The minimum Gasteiger partial charge on any atom is -0.377 e. The largest absolute Gasteiger partial charge is 0.377 e. The number of ether oxygens (including phenoxy) is 1. The van der Waals surface area contributed by atoms with Crippen LogP contribution < -0.4 is 10.6 Å². The average molecular weight is 455 g/mol. The molecule has 0 bridgehead atoms. The number of carbonyl (C=O) groups is 1. The molecular weight excluding hydrogens is 436 g/mol. The fourth-order valence-electron chi connectivity index (χ4n) is 3.13. The molecule has 0 radical (unpaired) electrons. The number of pyridine rings is 1. The topological polar surface area (TPSA) is 102 Å². The first-order valence-corrected chi connectivity index (χ1v) is 10.6. The molecule has 8 nitrogen and oxygen atoms in total. The Morgan fingerprint density at radius 3 is 2.68 bits per heavy atom. The van der Waals surface area contributed by atoms with Crippen molar-refractivity contribution in [2.75, 3.05) is 17.7 Å². The number of methoxy groups -OCH3 is 1. The van der Waals surface area contributed by atoms with Gasteiger partial charge in [-0.25, -0.2) is 24.7 Å². The summed E-state index contributed by atoms with van der Waals surface area (Å²) in [5, 5.41) is 6.95. The van der Waals surface area contributed by atoms with Gasteiger partial charge in [-0.15, -0.1) is 0 Å². The number of aromatic nitrogens is 4. The van der Waals surface area contributed by atoms with Crippen LogP contribution in [0, 0.1) is 6.92 Å². The first-order valence-electron chi connectivity index (χ1n) is 9.40. The van der Waals surface area contributed by atoms with E-state index >= 15 is 0 Å². The SMILES string of the molecule is CO[C@@H](C)c1c(NC(=O)Nc2ccc(-c3ncccn3)c(Cl)c2)cnc2sc(C)nc12. The summed E-state index contributed by atoms with van der Waals surface area (Å²) in [4.78, 5) is 30.9. The number of rotatable bonds is 5. The average Bonchev–Trinajstić information content (AvgIpc) is 3.14. The summed E-state index contributed by atoms with van der Waals surface area (Å²) in [7, 11) is 1.61. The minimum absolute atomic E-state index is 0.276. The molecule has 4 rings (SSSR count). The molecule has 0 fully saturated rings. The number of aryl methyl sites for hydroxylation is 1. The summed E-state index contributed by atoms with van der Waals surface area (Å²) < 4.78 is 5.50. The van der Waals surface area contributed by atoms with Crippen molar-refractivity contribution in [3.8, 4) is 11.4 Å². The van der Waals surface area contributed by atoms with Crippen LogP contribution >= 0.6 is 22.9 Å². The van der Waals surface area contributed by atoms with E-state index in [4.69, 9.17) is 16.3 Å². The highest BCUT2D eigenvalue weighted by Gasteiger charge is 2.20. The van der Waals surface area contributed by atoms with Gasteiger partial charge in [0.15, 0.2) is 5.82 Å². The molecular formula is C21H19ClN6O2S. The zero-order valence-corrected chi connectivity index (χ0v) is 18.6. The lowest BCUT2D eigenvalue weighted by molar-refractivity contribution is 0.121. The number of hydrogen-bond donors (Lipinski definition) is 2. The van der Waals surface area contributed by atoms with Crippen molar-refractivity contribution < 1.29 is 9.53 Å². The summed E-state index contributed by atoms with van der Waals surface area (Å²) in [6.45, 7) is 3.82. The van der Waals surface area contributed by atoms with E-state index in [1.165, 1.54) is 11.3 Å². The maximum Gasteiger partial charge on any atom is 0.323 e. The standard InChI is InChI=1S/C21H19ClN6O2S/c1-11(30-3)17-16(10-25-20-18(17)26-12(2)31-20)28-21(29)27-13-5-6-14(15(22)9-13)19-23-7-4-8-24-19/h4-11H,1-3H3,(H2,27,28,29)/t11-/m0/s1. The molecule has 0 saturated heterocycles. The van der Waals surface area contributed by atoms with E-state index < -0.39 is 6.03 Å². The van der Waals surface area contributed by atoms with E-state index in [2.05, 4.69) is 30.6 Å². The highest BCUT2D eigenvalue weighted by molar-refractivity contribution is 7.18. The number of amides is 2. The first-order chi connectivity index (χ1) is 15.0. The molecule has 158 valence electrons. The van der Waals surface area contributed by atoms with Crippen LogP contribution in [-0.4, -0.2) is 33.1 Å². The molecule has 0 aliphatic heterocycles. The second kappa shape index (κ2) is 8.93. The van der Waals surface area contributed by atoms with Crippen molar-refractivity contribution in [3.05, 3.63) is 58.4 Å². The highest BCUT2D eigenvalue weighted by atomic mass is 35.5. The minimum atomic E-state index is -0.433. The number of thiazole rings is 1. The number of carbonyl (C=O) groups excluding carboxylic acids is 1. The maximum atomic E-state index is 12.7. The quantitative estimate of drug-likeness (QED) is 0.415. The monoisotopic (exact) mass is 454 g/mol. The fraction of sp³-hybridized carbons (Fsp3) is 0.190. The van der Waals surface area contributed by atoms with Crippen molar-refractivity contribution in [1.29, 1.82) is 0 Å². The lowest BCUT2D eigenvalue weighted by Crippen LogP contribution is -2.21. The van der Waals surface area contributed by atoms with Crippen LogP contribution in [0.25, 0.3) is 21.7 Å². The molecule has 1 atom stereocenters. The maximum absolute atomic E-state index is 12.7. The fourth-order valence-corrected chi connectivity index (χ4v) is 4.17. The van der Waals surface area contributed by atoms with Crippen LogP contribution in [-0.2, 0) is 4.74 Å². The molecule has 2 amide bonds. The van der Waals surface area contributed by atoms with Crippen molar-refractivity contribution in [2.24, 2.45) is 0 Å². The second-order valence-electron chi connectivity index (χ2n) is 6.70. The predicted octanol–water partition coefficient (Wildman–Crippen LogP) is 5.46. The number of benzene rings is 1. The summed E-state index contributed by atoms with van der Waals surface area (Å²) in [6.07, 6.45) is 4.63. The van der Waals surface area contributed by atoms with Crippen molar-refractivity contribution in [1.82, 2.24) is 19.9 Å². The number of hydrogen-bond acceptors (Lipinski definition) is 7. The number of fused-ring (bicyclic) bond motifs is 1. The van der Waals surface area contributed by atoms with E-state index in [1.807, 2.05) is 13.8 Å². The van der Waals surface area contributed by atoms with Gasteiger partial charge in [0.25, 0.3) is 0 Å². The Morgan fingerprint density at radius 1 is 1.19 bits per heavy atom. The Labute approximate surface area is 187 Å². The molecule has 0 unspecified atom stereocenters. The Hall–Kier alpha value is -3.14. The molecule has 4 aromatic rings. The van der Waals surface area contributed by atoms with Crippen LogP contribution in [0.15, 0.2) is 42.9 Å². The van der Waals surface area contributed by atoms with Crippen LogP contribution in [0.1, 0.15) is 23.6 Å². The predicted molar refractivity (Wildman–Crippen MR) is 123 cm³/mol. The number of anilines is 2. The molecule has 31 heavy (non-hydrogen) atoms. The first kappa shape index (κ1) is 21.1. The molecule has 1 aromatic carbocycles. The number of urea groups is 1. The second-order valence-corrected chi connectivity index (χ2v) is 8.29. The molecule has 0 spiro atoms. The van der Waals surface area contributed by atoms with Gasteiger partial charge in [0, 0.05) is 36.3 Å². The summed E-state index contributed by atoms with van der Waals surface area (Å²) in [5.41, 5.74) is 3.25. The van der Waals surface area contributed by atoms with Gasteiger partial charge in [0.1, 0.15) is 10.3 Å². The zero-order valence-electron chi connectivity index (χ0n) is 17.0. The Kier molecular flexibility index (Phi) is 6.08. The Morgan fingerprint density at radius 2 is 1.97 bits per heavy atom. The summed E-state index contributed by atoms with van der Waals surface area (Å²) >= 11 is 7.87. The third kappa shape index (κ3) is 4.48. The van der Waals surface area contributed by atoms with E-state index in [0.717, 1.165) is 20.9 Å². The van der Waals surface area contributed by atoms with Crippen LogP contribution in [0.5, 0.6) is 0 Å². The third-order valence-corrected chi connectivity index (χ3v) is 5.81. The Balaban J connectivity index is 1.56. The third-order valence-electron chi connectivity index (χ3n) is 4.61. The summed E-state index contributed by atoms with van der Waals surface area (Å²) in [5.74, 6) is 0.514. The van der Waals surface area contributed by atoms with Crippen molar-refractivity contribution in [3.63, 3.8) is 0 Å². The van der Waals surface area contributed by atoms with Crippen LogP contribution in [0.4, 0.5) is 16.2 Å². The molecule has 10 heteroatoms. The molecule has 0 aliphatic carbocycles. The normalized spacial score (nSPS) is 12.0. The molecule has 0 saturated carbocycles. The van der Waals surface area contributed by atoms with Crippen LogP contribution in [0.3, 0.4) is 0 Å². The molecule has 0 aliphatic rings. The van der Waals surface area contributed by atoms with E-state index in [1.54, 1.807) is 50.0 Å². The van der Waals surface area contributed by atoms with Gasteiger partial charge < -0.3 is 15.4 Å². The van der Waals surface area contributed by atoms with E-state index in [9.17, 15) is 4.79 Å². The highest BCUT2D eigenvalue weighted by Crippen LogP contribution is 2.34. The van der Waals surface area contributed by atoms with E-state index in [0.29, 0.717) is 27.8 Å². The molecule has 2 N–H and O–H groups in total. The van der Waals surface area contributed by atoms with Gasteiger partial charge >= 0.3 is 6.03 Å². The van der Waals surface area contributed by atoms with Gasteiger partial charge in [0.05, 0.1) is 28.0 Å². The van der Waals surface area contributed by atoms with Gasteiger partial charge in [-0.2, -0.15) is 0 Å². The molecule has 3 heterocycles. The van der Waals surface area contributed by atoms with Crippen LogP contribution in [0.2, 0.25) is 5.02 Å². The zero-order chi connectivity index (χ0) is 22.0. The van der Waals surface area contributed by atoms with Crippen molar-refractivity contribution in [2.45, 2.75) is 20.0 Å². The van der Waals surface area contributed by atoms with Gasteiger partial charge in [-0.1, -0.05) is 22.9 Å². The lowest BCUT2D eigenvalue weighted by Gasteiger charge is -2.16. The smallest absolute Gasteiger partial charge is 0.323 e. The van der Waals surface area contributed by atoms with Gasteiger partial charge in [-0.3, -0.25) is 0 Å². The van der Waals surface area contributed by atoms with E-state index in [-0.39, 0.29) is 6.10 Å². The lowest BCUT2D eigenvalue weighted by atomic mass is 10.1. The van der Waals surface area contributed by atoms with Gasteiger partial charge in [-0.05, 0) is 38.1 Å². The summed E-state index contributed by atoms with van der Waals surface area (Å²) in [6, 6.07) is 6.45.